The Labute approximate surface area is 185 Å². The molecule has 1 aromatic carbocycles. The van der Waals surface area contributed by atoms with Gasteiger partial charge in [0.05, 0.1) is 11.2 Å². The summed E-state index contributed by atoms with van der Waals surface area (Å²) >= 11 is 0. The van der Waals surface area contributed by atoms with Gasteiger partial charge in [-0.05, 0) is 45.2 Å². The molecule has 2 fully saturated rings. The first-order chi connectivity index (χ1) is 14.8. The van der Waals surface area contributed by atoms with Crippen molar-refractivity contribution in [3.05, 3.63) is 53.9 Å². The third kappa shape index (κ3) is 3.91. The van der Waals surface area contributed by atoms with Crippen LogP contribution < -0.4 is 0 Å². The van der Waals surface area contributed by atoms with Gasteiger partial charge in [-0.1, -0.05) is 30.3 Å². The summed E-state index contributed by atoms with van der Waals surface area (Å²) < 4.78 is 29.1. The molecule has 1 amide bonds. The first kappa shape index (κ1) is 22.0. The van der Waals surface area contributed by atoms with Crippen molar-refractivity contribution < 1.29 is 13.2 Å². The van der Waals surface area contributed by atoms with Crippen LogP contribution in [0.3, 0.4) is 0 Å². The molecule has 3 heterocycles. The van der Waals surface area contributed by atoms with Crippen LogP contribution in [-0.4, -0.2) is 58.7 Å². The van der Waals surface area contributed by atoms with Crippen LogP contribution in [0.4, 0.5) is 0 Å². The van der Waals surface area contributed by atoms with Crippen molar-refractivity contribution in [2.24, 2.45) is 5.41 Å². The number of hydrogen-bond acceptors (Lipinski definition) is 4. The lowest BCUT2D eigenvalue weighted by Crippen LogP contribution is -2.52. The Morgan fingerprint density at radius 2 is 1.94 bits per heavy atom. The molecule has 1 aromatic heterocycles. The summed E-state index contributed by atoms with van der Waals surface area (Å²) in [5, 5.41) is 4.48. The van der Waals surface area contributed by atoms with E-state index in [2.05, 4.69) is 18.9 Å². The topological polar surface area (TPSA) is 75.5 Å². The maximum atomic E-state index is 14.0. The second kappa shape index (κ2) is 8.39. The molecule has 4 rings (SSSR count). The summed E-state index contributed by atoms with van der Waals surface area (Å²) in [5.41, 5.74) is 1.30. The molecule has 2 atom stereocenters. The van der Waals surface area contributed by atoms with E-state index in [1.165, 1.54) is 0 Å². The lowest BCUT2D eigenvalue weighted by atomic mass is 9.70. The summed E-state index contributed by atoms with van der Waals surface area (Å²) in [6, 6.07) is 12.1. The molecule has 2 aliphatic rings. The third-order valence-electron chi connectivity index (χ3n) is 6.80. The van der Waals surface area contributed by atoms with Gasteiger partial charge in [0.25, 0.3) is 0 Å². The van der Waals surface area contributed by atoms with E-state index in [0.29, 0.717) is 26.1 Å². The average Bonchev–Trinajstić information content (AvgIpc) is 3.38. The molecule has 7 nitrogen and oxygen atoms in total. The minimum Gasteiger partial charge on any atom is -0.338 e. The van der Waals surface area contributed by atoms with E-state index in [1.54, 1.807) is 17.4 Å². The fourth-order valence-corrected chi connectivity index (χ4v) is 6.37. The van der Waals surface area contributed by atoms with Crippen LogP contribution in [0.5, 0.6) is 0 Å². The first-order valence-electron chi connectivity index (χ1n) is 11.1. The molecule has 31 heavy (non-hydrogen) atoms. The van der Waals surface area contributed by atoms with E-state index in [-0.39, 0.29) is 30.2 Å². The fraction of sp³-hybridized carbons (Fsp3) is 0.565. The Kier molecular flexibility index (Phi) is 5.96. The number of sulfonamides is 1. The Balaban J connectivity index is 1.74. The van der Waals surface area contributed by atoms with Crippen molar-refractivity contribution in [1.29, 1.82) is 0 Å². The molecule has 0 aliphatic carbocycles. The highest BCUT2D eigenvalue weighted by Crippen LogP contribution is 2.50. The number of aromatic nitrogens is 2. The summed E-state index contributed by atoms with van der Waals surface area (Å²) in [5.74, 6) is -0.0936. The zero-order valence-electron chi connectivity index (χ0n) is 18.6. The summed E-state index contributed by atoms with van der Waals surface area (Å²) in [6.45, 7) is 7.62. The Morgan fingerprint density at radius 3 is 2.61 bits per heavy atom. The van der Waals surface area contributed by atoms with Crippen molar-refractivity contribution in [2.75, 3.05) is 25.4 Å². The predicted molar refractivity (Wildman–Crippen MR) is 120 cm³/mol. The molecular weight excluding hydrogens is 412 g/mol. The molecule has 0 radical (unpaired) electrons. The summed E-state index contributed by atoms with van der Waals surface area (Å²) in [6.07, 6.45) is 3.32. The van der Waals surface area contributed by atoms with Crippen molar-refractivity contribution >= 4 is 15.9 Å². The van der Waals surface area contributed by atoms with E-state index in [9.17, 15) is 13.2 Å². The minimum absolute atomic E-state index is 0.0428. The number of carbonyl (C=O) groups is 1. The van der Waals surface area contributed by atoms with Crippen LogP contribution in [0.15, 0.2) is 42.6 Å². The first-order valence-corrected chi connectivity index (χ1v) is 12.7. The molecule has 8 heteroatoms. The van der Waals surface area contributed by atoms with Gasteiger partial charge in [-0.15, -0.1) is 0 Å². The largest absolute Gasteiger partial charge is 0.338 e. The highest BCUT2D eigenvalue weighted by molar-refractivity contribution is 7.89. The number of carbonyl (C=O) groups excluding carboxylic acids is 1. The molecule has 0 N–H and O–H groups in total. The zero-order chi connectivity index (χ0) is 22.2. The fourth-order valence-electron chi connectivity index (χ4n) is 5.20. The lowest BCUT2D eigenvalue weighted by molar-refractivity contribution is -0.147. The molecule has 2 aliphatic heterocycles. The number of nitrogens with zero attached hydrogens (tertiary/aromatic N) is 4. The smallest absolute Gasteiger partial charge is 0.231 e. The average molecular weight is 445 g/mol. The molecule has 0 bridgehead atoms. The number of amides is 1. The van der Waals surface area contributed by atoms with E-state index in [0.717, 1.165) is 17.7 Å². The van der Waals surface area contributed by atoms with Crippen LogP contribution in [0, 0.1) is 5.41 Å². The highest BCUT2D eigenvalue weighted by atomic mass is 32.2. The number of benzene rings is 1. The zero-order valence-corrected chi connectivity index (χ0v) is 19.4. The van der Waals surface area contributed by atoms with Gasteiger partial charge in [-0.2, -0.15) is 5.10 Å². The molecule has 2 aromatic rings. The lowest BCUT2D eigenvalue weighted by Gasteiger charge is -2.42. The predicted octanol–water partition coefficient (Wildman–Crippen LogP) is 3.02. The Morgan fingerprint density at radius 1 is 1.19 bits per heavy atom. The molecule has 168 valence electrons. The quantitative estimate of drug-likeness (QED) is 0.686. The Hall–Kier alpha value is -2.19. The van der Waals surface area contributed by atoms with Crippen LogP contribution in [0.1, 0.15) is 56.8 Å². The summed E-state index contributed by atoms with van der Waals surface area (Å²) in [4.78, 5) is 15.9. The molecular formula is C23H32N4O3S. The van der Waals surface area contributed by atoms with E-state index >= 15 is 0 Å². The molecule has 1 spiro atoms. The van der Waals surface area contributed by atoms with Crippen molar-refractivity contribution in [2.45, 2.75) is 52.1 Å². The van der Waals surface area contributed by atoms with Crippen LogP contribution >= 0.6 is 0 Å². The van der Waals surface area contributed by atoms with Crippen LogP contribution in [-0.2, 0) is 21.4 Å². The number of rotatable bonds is 6. The van der Waals surface area contributed by atoms with Gasteiger partial charge in [-0.25, -0.2) is 12.7 Å². The van der Waals surface area contributed by atoms with Crippen LogP contribution in [0.2, 0.25) is 0 Å². The standard InChI is InChI=1S/C23H32N4O3S/c1-4-31(29,30)26-16-20(21-11-13-24-27(21)18(2)3)23(17-26)12-8-14-25(22(23)28)15-19-9-6-5-7-10-19/h5-7,9-11,13,18,20H,4,8,12,14-17H2,1-3H3/t20-,23+/m0/s1. The summed E-state index contributed by atoms with van der Waals surface area (Å²) in [7, 11) is -3.40. The maximum absolute atomic E-state index is 14.0. The van der Waals surface area contributed by atoms with Gasteiger partial charge in [0, 0.05) is 50.0 Å². The minimum atomic E-state index is -3.40. The molecule has 2 saturated heterocycles. The Bertz CT molecular complexity index is 1030. The number of hydrogen-bond donors (Lipinski definition) is 0. The highest BCUT2D eigenvalue weighted by Gasteiger charge is 2.58. The van der Waals surface area contributed by atoms with Gasteiger partial charge in [0.15, 0.2) is 0 Å². The monoisotopic (exact) mass is 444 g/mol. The van der Waals surface area contributed by atoms with Gasteiger partial charge in [0.2, 0.25) is 15.9 Å². The van der Waals surface area contributed by atoms with E-state index < -0.39 is 15.4 Å². The van der Waals surface area contributed by atoms with Gasteiger partial charge >= 0.3 is 0 Å². The van der Waals surface area contributed by atoms with Gasteiger partial charge < -0.3 is 4.90 Å². The second-order valence-corrected chi connectivity index (χ2v) is 11.3. The number of piperidine rings is 1. The maximum Gasteiger partial charge on any atom is 0.231 e. The molecule has 0 saturated carbocycles. The molecule has 0 unspecified atom stereocenters. The third-order valence-corrected chi connectivity index (χ3v) is 8.59. The van der Waals surface area contributed by atoms with Crippen LogP contribution in [0.25, 0.3) is 0 Å². The van der Waals surface area contributed by atoms with Gasteiger partial charge in [-0.3, -0.25) is 9.48 Å². The normalized spacial score (nSPS) is 25.1. The number of likely N-dealkylation sites (tertiary alicyclic amines) is 1. The van der Waals surface area contributed by atoms with Gasteiger partial charge in [0.1, 0.15) is 0 Å². The van der Waals surface area contributed by atoms with E-state index in [4.69, 9.17) is 0 Å². The SMILES string of the molecule is CCS(=O)(=O)N1C[C@@H](c2ccnn2C(C)C)[C@@]2(CCCN(Cc3ccccc3)C2=O)C1. The van der Waals surface area contributed by atoms with Crippen molar-refractivity contribution in [3.8, 4) is 0 Å². The van der Waals surface area contributed by atoms with Crippen molar-refractivity contribution in [1.82, 2.24) is 19.0 Å². The van der Waals surface area contributed by atoms with E-state index in [1.807, 2.05) is 46.0 Å². The van der Waals surface area contributed by atoms with Crippen molar-refractivity contribution in [3.63, 3.8) is 0 Å². The second-order valence-electron chi connectivity index (χ2n) is 9.01.